The number of H-pyrrole nitrogens is 1. The highest BCUT2D eigenvalue weighted by atomic mass is 32.1. The number of ether oxygens (including phenoxy) is 1. The molecule has 0 spiro atoms. The first-order valence-corrected chi connectivity index (χ1v) is 10.6. The highest BCUT2D eigenvalue weighted by Gasteiger charge is 2.58. The number of fused-ring (bicyclic) bond motifs is 1. The van der Waals surface area contributed by atoms with Gasteiger partial charge in [-0.2, -0.15) is 0 Å². The van der Waals surface area contributed by atoms with E-state index in [0.29, 0.717) is 22.4 Å². The van der Waals surface area contributed by atoms with Crippen molar-refractivity contribution >= 4 is 33.9 Å². The van der Waals surface area contributed by atoms with Gasteiger partial charge in [0.05, 0.1) is 7.11 Å². The van der Waals surface area contributed by atoms with Crippen LogP contribution < -0.4 is 15.4 Å². The van der Waals surface area contributed by atoms with Crippen molar-refractivity contribution in [2.75, 3.05) is 19.0 Å². The maximum Gasteiger partial charge on any atom is 0.170 e. The van der Waals surface area contributed by atoms with Crippen LogP contribution in [0, 0.1) is 18.3 Å². The molecule has 5 heteroatoms. The number of aromatic nitrogens is 1. The third kappa shape index (κ3) is 3.84. The van der Waals surface area contributed by atoms with E-state index in [1.807, 2.05) is 24.3 Å². The Bertz CT molecular complexity index is 1040. The van der Waals surface area contributed by atoms with Gasteiger partial charge in [0.1, 0.15) is 5.75 Å². The Hall–Kier alpha value is -2.53. The van der Waals surface area contributed by atoms with Gasteiger partial charge in [-0.25, -0.2) is 0 Å². The van der Waals surface area contributed by atoms with Crippen molar-refractivity contribution in [2.24, 2.45) is 11.3 Å². The summed E-state index contributed by atoms with van der Waals surface area (Å²) in [5.41, 5.74) is 5.27. The maximum atomic E-state index is 5.47. The number of methoxy groups -OCH3 is 1. The van der Waals surface area contributed by atoms with Gasteiger partial charge in [0.15, 0.2) is 5.11 Å². The van der Waals surface area contributed by atoms with Gasteiger partial charge in [-0.3, -0.25) is 0 Å². The van der Waals surface area contributed by atoms with E-state index >= 15 is 0 Å². The summed E-state index contributed by atoms with van der Waals surface area (Å²) in [4.78, 5) is 3.56. The number of rotatable bonds is 6. The van der Waals surface area contributed by atoms with Gasteiger partial charge in [0.25, 0.3) is 0 Å². The van der Waals surface area contributed by atoms with E-state index in [1.165, 1.54) is 22.2 Å². The van der Waals surface area contributed by atoms with Gasteiger partial charge in [-0.05, 0) is 66.6 Å². The zero-order valence-electron chi connectivity index (χ0n) is 17.5. The van der Waals surface area contributed by atoms with E-state index in [0.717, 1.165) is 24.4 Å². The van der Waals surface area contributed by atoms with Crippen LogP contribution in [-0.4, -0.2) is 23.8 Å². The van der Waals surface area contributed by atoms with Gasteiger partial charge in [0.2, 0.25) is 0 Å². The summed E-state index contributed by atoms with van der Waals surface area (Å²) in [6.45, 7) is 7.83. The van der Waals surface area contributed by atoms with Crippen LogP contribution in [0.15, 0.2) is 48.5 Å². The Morgan fingerprint density at radius 1 is 1.17 bits per heavy atom. The van der Waals surface area contributed by atoms with E-state index in [4.69, 9.17) is 17.0 Å². The zero-order chi connectivity index (χ0) is 20.6. The molecule has 0 saturated heterocycles. The maximum absolute atomic E-state index is 5.47. The average molecular weight is 408 g/mol. The van der Waals surface area contributed by atoms with Gasteiger partial charge >= 0.3 is 0 Å². The first kappa shape index (κ1) is 19.8. The molecule has 0 amide bonds. The highest BCUT2D eigenvalue weighted by molar-refractivity contribution is 7.80. The van der Waals surface area contributed by atoms with Crippen molar-refractivity contribution in [1.29, 1.82) is 0 Å². The first-order chi connectivity index (χ1) is 13.9. The van der Waals surface area contributed by atoms with Crippen LogP contribution in [0.3, 0.4) is 0 Å². The molecular weight excluding hydrogens is 378 g/mol. The number of aryl methyl sites for hydroxylation is 1. The van der Waals surface area contributed by atoms with E-state index < -0.39 is 0 Å². The molecule has 0 unspecified atom stereocenters. The van der Waals surface area contributed by atoms with Crippen LogP contribution in [0.5, 0.6) is 5.75 Å². The summed E-state index contributed by atoms with van der Waals surface area (Å²) in [6, 6.07) is 16.4. The quantitative estimate of drug-likeness (QED) is 0.466. The number of aromatic amines is 1. The van der Waals surface area contributed by atoms with Crippen molar-refractivity contribution < 1.29 is 4.74 Å². The molecule has 0 aliphatic heterocycles. The number of para-hydroxylation sites is 1. The molecule has 2 aromatic carbocycles. The molecule has 0 bridgehead atoms. The Morgan fingerprint density at radius 3 is 2.76 bits per heavy atom. The number of anilines is 1. The third-order valence-corrected chi connectivity index (χ3v) is 6.62. The Balaban J connectivity index is 1.36. The lowest BCUT2D eigenvalue weighted by Crippen LogP contribution is -2.29. The predicted molar refractivity (Wildman–Crippen MR) is 125 cm³/mol. The summed E-state index contributed by atoms with van der Waals surface area (Å²) >= 11 is 5.47. The summed E-state index contributed by atoms with van der Waals surface area (Å²) in [7, 11) is 1.67. The number of benzene rings is 2. The molecule has 1 aromatic heterocycles. The minimum absolute atomic E-state index is 0.305. The lowest BCUT2D eigenvalue weighted by molar-refractivity contribution is 0.415. The van der Waals surface area contributed by atoms with Gasteiger partial charge in [-0.1, -0.05) is 38.1 Å². The van der Waals surface area contributed by atoms with Crippen LogP contribution in [0.25, 0.3) is 10.9 Å². The lowest BCUT2D eigenvalue weighted by atomic mass is 10.0. The topological polar surface area (TPSA) is 49.1 Å². The summed E-state index contributed by atoms with van der Waals surface area (Å²) in [5, 5.41) is 8.62. The van der Waals surface area contributed by atoms with E-state index in [2.05, 4.69) is 60.7 Å². The standard InChI is InChI=1S/C24H29N3OS/c1-15-21(18-10-5-6-11-20(18)26-15)22-19(24(22,2)3)12-13-25-23(29)27-16-8-7-9-17(14-16)28-4/h5-11,14,19,22,26H,12-13H2,1-4H3,(H2,25,27,29)/t19-,22-/m1/s1. The monoisotopic (exact) mass is 407 g/mol. The Kier molecular flexibility index (Phi) is 5.26. The summed E-state index contributed by atoms with van der Waals surface area (Å²) in [5.74, 6) is 2.04. The molecule has 4 rings (SSSR count). The van der Waals surface area contributed by atoms with E-state index in [1.54, 1.807) is 7.11 Å². The molecule has 0 radical (unpaired) electrons. The van der Waals surface area contributed by atoms with Crippen LogP contribution in [-0.2, 0) is 0 Å². The zero-order valence-corrected chi connectivity index (χ0v) is 18.3. The molecule has 152 valence electrons. The second kappa shape index (κ2) is 7.71. The Morgan fingerprint density at radius 2 is 1.97 bits per heavy atom. The molecule has 1 aliphatic carbocycles. The smallest absolute Gasteiger partial charge is 0.170 e. The van der Waals surface area contributed by atoms with Crippen molar-refractivity contribution in [3.05, 3.63) is 59.8 Å². The number of hydrogen-bond donors (Lipinski definition) is 3. The molecule has 29 heavy (non-hydrogen) atoms. The molecule has 3 N–H and O–H groups in total. The number of thiocarbonyl (C=S) groups is 1. The molecule has 2 atom stereocenters. The van der Waals surface area contributed by atoms with E-state index in [-0.39, 0.29) is 0 Å². The van der Waals surface area contributed by atoms with E-state index in [9.17, 15) is 0 Å². The van der Waals surface area contributed by atoms with Crippen molar-refractivity contribution in [1.82, 2.24) is 10.3 Å². The normalized spacial score (nSPS) is 19.7. The second-order valence-electron chi connectivity index (χ2n) is 8.52. The molecule has 1 aliphatic rings. The van der Waals surface area contributed by atoms with Crippen molar-refractivity contribution in [2.45, 2.75) is 33.1 Å². The first-order valence-electron chi connectivity index (χ1n) is 10.2. The SMILES string of the molecule is COc1cccc(NC(=S)NCC[C@@H]2[C@H](c3c(C)[nH]c4ccccc34)C2(C)C)c1. The minimum atomic E-state index is 0.305. The molecule has 1 heterocycles. The average Bonchev–Trinajstić information content (AvgIpc) is 3.06. The number of hydrogen-bond acceptors (Lipinski definition) is 2. The largest absolute Gasteiger partial charge is 0.497 e. The van der Waals surface area contributed by atoms with Gasteiger partial charge in [-0.15, -0.1) is 0 Å². The molecule has 4 nitrogen and oxygen atoms in total. The van der Waals surface area contributed by atoms with Crippen molar-refractivity contribution in [3.63, 3.8) is 0 Å². The minimum Gasteiger partial charge on any atom is -0.497 e. The third-order valence-electron chi connectivity index (χ3n) is 6.37. The van der Waals surface area contributed by atoms with Crippen LogP contribution in [0.2, 0.25) is 0 Å². The fourth-order valence-electron chi connectivity index (χ4n) is 4.77. The molecule has 1 fully saturated rings. The second-order valence-corrected chi connectivity index (χ2v) is 8.92. The van der Waals surface area contributed by atoms with Gasteiger partial charge < -0.3 is 20.4 Å². The fraction of sp³-hybridized carbons (Fsp3) is 0.375. The van der Waals surface area contributed by atoms with Gasteiger partial charge in [0, 0.05) is 34.9 Å². The molecule has 1 saturated carbocycles. The predicted octanol–water partition coefficient (Wildman–Crippen LogP) is 5.60. The van der Waals surface area contributed by atoms with Crippen LogP contribution in [0.1, 0.15) is 37.4 Å². The number of nitrogens with one attached hydrogen (secondary N) is 3. The molecule has 3 aromatic rings. The summed E-state index contributed by atoms with van der Waals surface area (Å²) in [6.07, 6.45) is 1.09. The molecular formula is C24H29N3OS. The van der Waals surface area contributed by atoms with Crippen LogP contribution in [0.4, 0.5) is 5.69 Å². The fourth-order valence-corrected chi connectivity index (χ4v) is 4.99. The Labute approximate surface area is 178 Å². The highest BCUT2D eigenvalue weighted by Crippen LogP contribution is 2.67. The van der Waals surface area contributed by atoms with Crippen LogP contribution >= 0.6 is 12.2 Å². The van der Waals surface area contributed by atoms with Crippen molar-refractivity contribution in [3.8, 4) is 5.75 Å². The lowest BCUT2D eigenvalue weighted by Gasteiger charge is -2.11. The summed E-state index contributed by atoms with van der Waals surface area (Å²) < 4.78 is 5.26.